The molecule has 0 amide bonds. The molecule has 154 valence electrons. The normalized spacial score (nSPS) is 11.7. The first-order valence-electron chi connectivity index (χ1n) is 8.28. The van der Waals surface area contributed by atoms with Crippen LogP contribution in [0.4, 0.5) is 13.2 Å². The number of alkyl halides is 3. The number of aromatic nitrogens is 6. The quantitative estimate of drug-likeness (QED) is 0.505. The number of carboxylic acid groups (broad SMARTS) is 1. The third-order valence-corrected chi connectivity index (χ3v) is 4.00. The van der Waals surface area contributed by atoms with E-state index in [1.165, 1.54) is 35.3 Å². The molecule has 4 aromatic rings. The van der Waals surface area contributed by atoms with Crippen LogP contribution in [0.1, 0.15) is 15.9 Å². The summed E-state index contributed by atoms with van der Waals surface area (Å²) in [6.07, 6.45) is -1.22. The smallest absolute Gasteiger partial charge is 0.478 e. The van der Waals surface area contributed by atoms with Gasteiger partial charge in [0.1, 0.15) is 5.75 Å². The first-order valence-corrected chi connectivity index (χ1v) is 8.28. The number of nitrogens with zero attached hydrogens (tertiary/aromatic N) is 5. The molecule has 0 unspecified atom stereocenters. The van der Waals surface area contributed by atoms with Crippen molar-refractivity contribution in [2.75, 3.05) is 0 Å². The zero-order valence-corrected chi connectivity index (χ0v) is 14.8. The Bertz CT molecular complexity index is 1310. The Morgan fingerprint density at radius 1 is 1.30 bits per heavy atom. The number of hydrogen-bond acceptors (Lipinski definition) is 6. The maximum Gasteiger partial charge on any atom is 0.573 e. The van der Waals surface area contributed by atoms with E-state index in [0.29, 0.717) is 5.56 Å². The first-order chi connectivity index (χ1) is 14.2. The number of aromatic amines is 1. The first kappa shape index (κ1) is 19.2. The number of carbonyl (C=O) groups is 1. The van der Waals surface area contributed by atoms with Crippen molar-refractivity contribution in [2.45, 2.75) is 12.9 Å². The van der Waals surface area contributed by atoms with E-state index in [1.807, 2.05) is 0 Å². The molecule has 0 saturated heterocycles. The third kappa shape index (κ3) is 3.85. The maximum absolute atomic E-state index is 12.6. The van der Waals surface area contributed by atoms with Gasteiger partial charge in [-0.05, 0) is 17.7 Å². The van der Waals surface area contributed by atoms with Crippen LogP contribution in [0, 0.1) is 0 Å². The van der Waals surface area contributed by atoms with E-state index < -0.39 is 17.9 Å². The van der Waals surface area contributed by atoms with Gasteiger partial charge in [0.15, 0.2) is 11.2 Å². The van der Waals surface area contributed by atoms with Gasteiger partial charge in [-0.2, -0.15) is 10.1 Å². The van der Waals surface area contributed by atoms with Crippen LogP contribution in [-0.2, 0) is 6.54 Å². The number of imidazole rings is 1. The van der Waals surface area contributed by atoms with Crippen LogP contribution in [0.15, 0.2) is 47.8 Å². The van der Waals surface area contributed by atoms with Crippen LogP contribution in [0.3, 0.4) is 0 Å². The molecule has 3 heterocycles. The zero-order chi connectivity index (χ0) is 21.5. The van der Waals surface area contributed by atoms with Gasteiger partial charge in [-0.1, -0.05) is 12.1 Å². The highest BCUT2D eigenvalue weighted by molar-refractivity contribution is 5.86. The monoisotopic (exact) mass is 420 g/mol. The zero-order valence-electron chi connectivity index (χ0n) is 14.8. The van der Waals surface area contributed by atoms with Gasteiger partial charge in [0.25, 0.3) is 5.56 Å². The molecule has 1 aromatic carbocycles. The van der Waals surface area contributed by atoms with Gasteiger partial charge < -0.3 is 14.4 Å². The minimum absolute atomic E-state index is 0.0363. The van der Waals surface area contributed by atoms with Crippen LogP contribution >= 0.6 is 0 Å². The Kier molecular flexibility index (Phi) is 4.49. The van der Waals surface area contributed by atoms with Crippen molar-refractivity contribution in [3.8, 4) is 11.7 Å². The average Bonchev–Trinajstić information content (AvgIpc) is 3.28. The van der Waals surface area contributed by atoms with E-state index >= 15 is 0 Å². The highest BCUT2D eigenvalue weighted by atomic mass is 19.4. The van der Waals surface area contributed by atoms with Crippen molar-refractivity contribution < 1.29 is 27.8 Å². The third-order valence-electron chi connectivity index (χ3n) is 4.00. The molecule has 0 bridgehead atoms. The summed E-state index contributed by atoms with van der Waals surface area (Å²) in [7, 11) is 0. The lowest BCUT2D eigenvalue weighted by Gasteiger charge is -2.10. The van der Waals surface area contributed by atoms with Crippen molar-refractivity contribution >= 4 is 17.1 Å². The second kappa shape index (κ2) is 7.02. The number of fused-ring (bicyclic) bond motifs is 1. The lowest BCUT2D eigenvalue weighted by Crippen LogP contribution is -2.17. The van der Waals surface area contributed by atoms with Crippen molar-refractivity contribution in [3.63, 3.8) is 0 Å². The number of carboxylic acids is 1. The lowest BCUT2D eigenvalue weighted by molar-refractivity contribution is -0.274. The number of ether oxygens (including phenoxy) is 1. The summed E-state index contributed by atoms with van der Waals surface area (Å²) in [5.74, 6) is -1.61. The Balaban J connectivity index is 1.66. The minimum Gasteiger partial charge on any atom is -0.478 e. The molecule has 0 spiro atoms. The molecule has 0 atom stereocenters. The maximum atomic E-state index is 12.6. The number of nitrogens with one attached hydrogen (secondary N) is 1. The second-order valence-electron chi connectivity index (χ2n) is 6.11. The molecule has 0 fully saturated rings. The molecule has 0 aliphatic rings. The average molecular weight is 420 g/mol. The van der Waals surface area contributed by atoms with Gasteiger partial charge in [-0.15, -0.1) is 13.2 Å². The molecule has 10 nitrogen and oxygen atoms in total. The van der Waals surface area contributed by atoms with E-state index in [2.05, 4.69) is 24.8 Å². The van der Waals surface area contributed by atoms with Gasteiger partial charge in [0.2, 0.25) is 5.95 Å². The fraction of sp³-hybridized carbons (Fsp3) is 0.118. The fourth-order valence-corrected chi connectivity index (χ4v) is 2.79. The lowest BCUT2D eigenvalue weighted by atomic mass is 10.2. The summed E-state index contributed by atoms with van der Waals surface area (Å²) in [6, 6.07) is 5.34. The van der Waals surface area contributed by atoms with Crippen molar-refractivity contribution in [2.24, 2.45) is 0 Å². The highest BCUT2D eigenvalue weighted by Gasteiger charge is 2.31. The van der Waals surface area contributed by atoms with E-state index in [9.17, 15) is 22.8 Å². The molecule has 0 aliphatic carbocycles. The number of H-pyrrole nitrogens is 1. The number of rotatable bonds is 5. The van der Waals surface area contributed by atoms with E-state index in [-0.39, 0.29) is 35.0 Å². The number of aromatic carboxylic acids is 1. The Morgan fingerprint density at radius 2 is 2.10 bits per heavy atom. The van der Waals surface area contributed by atoms with Gasteiger partial charge in [-0.25, -0.2) is 14.5 Å². The Morgan fingerprint density at radius 3 is 2.80 bits per heavy atom. The number of hydrogen-bond donors (Lipinski definition) is 2. The van der Waals surface area contributed by atoms with E-state index in [0.717, 1.165) is 10.9 Å². The Labute approximate surface area is 164 Å². The summed E-state index contributed by atoms with van der Waals surface area (Å²) >= 11 is 0. The molecule has 13 heteroatoms. The molecular formula is C17H11F3N6O4. The molecular weight excluding hydrogens is 409 g/mol. The molecule has 0 aliphatic heterocycles. The van der Waals surface area contributed by atoms with E-state index in [4.69, 9.17) is 5.11 Å². The molecule has 0 saturated carbocycles. The predicted octanol–water partition coefficient (Wildman–Crippen LogP) is 1.95. The highest BCUT2D eigenvalue weighted by Crippen LogP contribution is 2.24. The summed E-state index contributed by atoms with van der Waals surface area (Å²) in [6.45, 7) is 0.0423. The molecule has 30 heavy (non-hydrogen) atoms. The summed E-state index contributed by atoms with van der Waals surface area (Å²) in [5, 5.41) is 12.8. The molecule has 3 aromatic heterocycles. The van der Waals surface area contributed by atoms with Crippen LogP contribution in [0.2, 0.25) is 0 Å². The topological polar surface area (TPSA) is 128 Å². The summed E-state index contributed by atoms with van der Waals surface area (Å²) in [5.41, 5.74) is -0.0835. The standard InChI is InChI=1S/C17H11F3N6O4/c18-17(19,20)30-11-3-1-2-9(4-11)6-25-8-21-13-12(25)14(27)24-16(23-13)26-7-10(5-22-26)15(28)29/h1-5,7-8H,6H2,(H,28,29)(H,23,24,27). The van der Waals surface area contributed by atoms with Crippen molar-refractivity contribution in [1.29, 1.82) is 0 Å². The number of halogens is 3. The Hall–Kier alpha value is -4.16. The second-order valence-corrected chi connectivity index (χ2v) is 6.11. The van der Waals surface area contributed by atoms with Gasteiger partial charge in [0, 0.05) is 12.7 Å². The fourth-order valence-electron chi connectivity index (χ4n) is 2.79. The molecule has 4 rings (SSSR count). The molecule has 2 N–H and O–H groups in total. The SMILES string of the molecule is O=C(O)c1cnn(-c2nc3ncn(Cc4cccc(OC(F)(F)F)c4)c3c(=O)[nH]2)c1. The van der Waals surface area contributed by atoms with Gasteiger partial charge in [-0.3, -0.25) is 9.78 Å². The number of benzene rings is 1. The predicted molar refractivity (Wildman–Crippen MR) is 94.5 cm³/mol. The van der Waals surface area contributed by atoms with Crippen LogP contribution in [0.25, 0.3) is 17.1 Å². The van der Waals surface area contributed by atoms with Crippen molar-refractivity contribution in [1.82, 2.24) is 29.3 Å². The minimum atomic E-state index is -4.81. The summed E-state index contributed by atoms with van der Waals surface area (Å²) in [4.78, 5) is 34.2. The molecule has 0 radical (unpaired) electrons. The van der Waals surface area contributed by atoms with Crippen LogP contribution in [0.5, 0.6) is 5.75 Å². The largest absolute Gasteiger partial charge is 0.573 e. The van der Waals surface area contributed by atoms with Crippen LogP contribution in [-0.4, -0.2) is 46.7 Å². The van der Waals surface area contributed by atoms with Gasteiger partial charge >= 0.3 is 12.3 Å². The van der Waals surface area contributed by atoms with Gasteiger partial charge in [0.05, 0.1) is 18.1 Å². The van der Waals surface area contributed by atoms with Crippen molar-refractivity contribution in [3.05, 3.63) is 64.5 Å². The van der Waals surface area contributed by atoms with E-state index in [1.54, 1.807) is 6.07 Å². The summed E-state index contributed by atoms with van der Waals surface area (Å²) < 4.78 is 43.6. The van der Waals surface area contributed by atoms with Crippen LogP contribution < -0.4 is 10.3 Å².